The van der Waals surface area contributed by atoms with Gasteiger partial charge in [-0.25, -0.2) is 9.71 Å². The topological polar surface area (TPSA) is 107 Å². The van der Waals surface area contributed by atoms with E-state index in [1.165, 1.54) is 12.3 Å². The third-order valence-corrected chi connectivity index (χ3v) is 7.85. The number of hydrogen-bond donors (Lipinski definition) is 2. The molecule has 2 N–H and O–H groups in total. The third kappa shape index (κ3) is 5.54. The second-order valence-electron chi connectivity index (χ2n) is 9.35. The SMILES string of the molecule is O=c1c(N[S+]([O-])Cc2ccc(C(F)(F)F)nc2)c[nH]c2nc(-c3ccccc3)c(-c3cc(Cl)c4ncccc4c3)cc12. The van der Waals surface area contributed by atoms with E-state index in [1.807, 2.05) is 48.5 Å². The average molecular weight is 606 g/mol. The van der Waals surface area contributed by atoms with Gasteiger partial charge in [-0.15, -0.1) is 0 Å². The summed E-state index contributed by atoms with van der Waals surface area (Å²) in [6, 6.07) is 20.6. The molecule has 2 aromatic carbocycles. The predicted octanol–water partition coefficient (Wildman–Crippen LogP) is 7.15. The van der Waals surface area contributed by atoms with Gasteiger partial charge >= 0.3 is 6.18 Å². The Labute approximate surface area is 244 Å². The highest BCUT2D eigenvalue weighted by Crippen LogP contribution is 2.36. The molecule has 1 atom stereocenters. The number of fused-ring (bicyclic) bond motifs is 2. The molecule has 7 nitrogen and oxygen atoms in total. The Morgan fingerprint density at radius 3 is 2.52 bits per heavy atom. The lowest BCUT2D eigenvalue weighted by molar-refractivity contribution is -0.141. The Hall–Kier alpha value is -4.45. The number of anilines is 1. The third-order valence-electron chi connectivity index (χ3n) is 6.52. The minimum absolute atomic E-state index is 0.0154. The molecule has 0 spiro atoms. The summed E-state index contributed by atoms with van der Waals surface area (Å²) in [7, 11) is 0. The van der Waals surface area contributed by atoms with Gasteiger partial charge in [-0.05, 0) is 35.9 Å². The Balaban J connectivity index is 1.40. The number of benzene rings is 2. The van der Waals surface area contributed by atoms with Crippen LogP contribution >= 0.6 is 11.6 Å². The molecule has 0 saturated carbocycles. The maximum atomic E-state index is 13.6. The van der Waals surface area contributed by atoms with Crippen LogP contribution in [0.15, 0.2) is 96.2 Å². The highest BCUT2D eigenvalue weighted by atomic mass is 35.5. The van der Waals surface area contributed by atoms with Gasteiger partial charge in [0.25, 0.3) is 0 Å². The number of rotatable bonds is 6. The first-order valence-corrected chi connectivity index (χ1v) is 14.2. The van der Waals surface area contributed by atoms with E-state index in [1.54, 1.807) is 18.3 Å². The number of alkyl halides is 3. The van der Waals surface area contributed by atoms with Crippen molar-refractivity contribution in [1.29, 1.82) is 0 Å². The van der Waals surface area contributed by atoms with E-state index in [-0.39, 0.29) is 16.8 Å². The summed E-state index contributed by atoms with van der Waals surface area (Å²) in [5, 5.41) is 1.50. The highest BCUT2D eigenvalue weighted by molar-refractivity contribution is 7.91. The van der Waals surface area contributed by atoms with Crippen LogP contribution in [0.4, 0.5) is 18.9 Å². The van der Waals surface area contributed by atoms with Crippen LogP contribution in [0.25, 0.3) is 44.3 Å². The molecule has 1 unspecified atom stereocenters. The van der Waals surface area contributed by atoms with Crippen LogP contribution in [-0.2, 0) is 23.3 Å². The van der Waals surface area contributed by atoms with E-state index in [2.05, 4.69) is 19.7 Å². The van der Waals surface area contributed by atoms with Gasteiger partial charge in [-0.3, -0.25) is 14.8 Å². The maximum Gasteiger partial charge on any atom is 0.433 e. The van der Waals surface area contributed by atoms with E-state index < -0.39 is 28.7 Å². The summed E-state index contributed by atoms with van der Waals surface area (Å²) in [5.41, 5.74) is 2.62. The molecular weight excluding hydrogens is 587 g/mol. The Kier molecular flexibility index (Phi) is 7.31. The molecule has 210 valence electrons. The van der Waals surface area contributed by atoms with Crippen LogP contribution < -0.4 is 10.2 Å². The van der Waals surface area contributed by atoms with E-state index in [0.717, 1.165) is 28.8 Å². The zero-order valence-corrected chi connectivity index (χ0v) is 23.0. The summed E-state index contributed by atoms with van der Waals surface area (Å²) in [6.07, 6.45) is -0.532. The van der Waals surface area contributed by atoms with E-state index in [0.29, 0.717) is 33.0 Å². The van der Waals surface area contributed by atoms with Crippen molar-refractivity contribution in [2.45, 2.75) is 11.9 Å². The lowest BCUT2D eigenvalue weighted by Gasteiger charge is -2.15. The zero-order valence-electron chi connectivity index (χ0n) is 21.4. The van der Waals surface area contributed by atoms with Crippen molar-refractivity contribution in [3.05, 3.63) is 118 Å². The van der Waals surface area contributed by atoms with Crippen molar-refractivity contribution >= 4 is 50.6 Å². The Bertz CT molecular complexity index is 1990. The van der Waals surface area contributed by atoms with Crippen LogP contribution in [0.1, 0.15) is 11.3 Å². The fraction of sp³-hybridized carbons (Fsp3) is 0.0667. The molecule has 42 heavy (non-hydrogen) atoms. The molecule has 0 aliphatic carbocycles. The molecule has 0 fully saturated rings. The van der Waals surface area contributed by atoms with Crippen molar-refractivity contribution in [2.75, 3.05) is 4.72 Å². The fourth-order valence-electron chi connectivity index (χ4n) is 4.55. The monoisotopic (exact) mass is 605 g/mol. The summed E-state index contributed by atoms with van der Waals surface area (Å²) < 4.78 is 53.9. The van der Waals surface area contributed by atoms with Crippen molar-refractivity contribution in [3.8, 4) is 22.4 Å². The highest BCUT2D eigenvalue weighted by Gasteiger charge is 2.32. The number of aromatic nitrogens is 4. The van der Waals surface area contributed by atoms with Gasteiger partial charge in [0.05, 0.1) is 33.0 Å². The Morgan fingerprint density at radius 2 is 1.79 bits per heavy atom. The first kappa shape index (κ1) is 27.7. The molecule has 6 aromatic rings. The molecule has 4 heterocycles. The van der Waals surface area contributed by atoms with Crippen LogP contribution in [-0.4, -0.2) is 24.5 Å². The second-order valence-corrected chi connectivity index (χ2v) is 10.9. The van der Waals surface area contributed by atoms with Gasteiger partial charge in [0.2, 0.25) is 5.43 Å². The van der Waals surface area contributed by atoms with Gasteiger partial charge in [-0.1, -0.05) is 54.1 Å². The molecule has 0 amide bonds. The smallest absolute Gasteiger partial charge is 0.433 e. The number of pyridine rings is 4. The van der Waals surface area contributed by atoms with Crippen LogP contribution in [0.3, 0.4) is 0 Å². The van der Waals surface area contributed by atoms with Gasteiger partial charge in [-0.2, -0.15) is 13.2 Å². The quantitative estimate of drug-likeness (QED) is 0.195. The number of aromatic amines is 1. The number of nitrogens with zero attached hydrogens (tertiary/aromatic N) is 3. The van der Waals surface area contributed by atoms with Crippen molar-refractivity contribution in [1.82, 2.24) is 19.9 Å². The van der Waals surface area contributed by atoms with Gasteiger partial charge in [0.1, 0.15) is 17.0 Å². The minimum atomic E-state index is -4.57. The van der Waals surface area contributed by atoms with Gasteiger partial charge in [0, 0.05) is 40.7 Å². The molecule has 6 rings (SSSR count). The molecule has 0 aliphatic rings. The lowest BCUT2D eigenvalue weighted by Crippen LogP contribution is -2.21. The molecule has 4 aromatic heterocycles. The first-order chi connectivity index (χ1) is 20.2. The predicted molar refractivity (Wildman–Crippen MR) is 158 cm³/mol. The fourth-order valence-corrected chi connectivity index (χ4v) is 5.77. The van der Waals surface area contributed by atoms with E-state index >= 15 is 0 Å². The molecule has 0 bridgehead atoms. The standard InChI is InChI=1S/C30H19ClF3N5O2S/c31-23-12-20(11-19-7-4-10-35-27(19)23)21-13-22-28(40)24(15-37-29(22)38-26(21)18-5-2-1-3-6-18)39-42(41)16-17-8-9-25(36-14-17)30(32,33)34/h1-15,39H,16H2,(H,37,38,40). The van der Waals surface area contributed by atoms with Crippen molar-refractivity contribution in [3.63, 3.8) is 0 Å². The Morgan fingerprint density at radius 1 is 0.976 bits per heavy atom. The molecule has 0 radical (unpaired) electrons. The summed E-state index contributed by atoms with van der Waals surface area (Å²) >= 11 is 4.75. The summed E-state index contributed by atoms with van der Waals surface area (Å²) in [5.74, 6) is -0.164. The van der Waals surface area contributed by atoms with Gasteiger partial charge in [0.15, 0.2) is 5.75 Å². The molecule has 0 saturated heterocycles. The number of H-pyrrole nitrogens is 1. The summed E-state index contributed by atoms with van der Waals surface area (Å²) in [6.45, 7) is 0. The van der Waals surface area contributed by atoms with Crippen molar-refractivity contribution < 1.29 is 17.7 Å². The average Bonchev–Trinajstić information content (AvgIpc) is 2.98. The van der Waals surface area contributed by atoms with Gasteiger partial charge < -0.3 is 9.54 Å². The lowest BCUT2D eigenvalue weighted by atomic mass is 9.96. The van der Waals surface area contributed by atoms with Crippen LogP contribution in [0, 0.1) is 0 Å². The van der Waals surface area contributed by atoms with E-state index in [4.69, 9.17) is 16.6 Å². The summed E-state index contributed by atoms with van der Waals surface area (Å²) in [4.78, 5) is 29.1. The number of hydrogen-bond acceptors (Lipinski definition) is 6. The largest absolute Gasteiger partial charge is 0.593 e. The zero-order chi connectivity index (χ0) is 29.4. The molecule has 0 aliphatic heterocycles. The minimum Gasteiger partial charge on any atom is -0.593 e. The van der Waals surface area contributed by atoms with Crippen LogP contribution in [0.2, 0.25) is 5.02 Å². The molecular formula is C30H19ClF3N5O2S. The first-order valence-electron chi connectivity index (χ1n) is 12.5. The number of halogens is 4. The number of nitrogens with one attached hydrogen (secondary N) is 2. The van der Waals surface area contributed by atoms with Crippen LogP contribution in [0.5, 0.6) is 0 Å². The normalized spacial score (nSPS) is 12.5. The second kappa shape index (κ2) is 11.1. The maximum absolute atomic E-state index is 13.6. The van der Waals surface area contributed by atoms with Crippen molar-refractivity contribution in [2.24, 2.45) is 0 Å². The molecule has 12 heteroatoms. The van der Waals surface area contributed by atoms with E-state index in [9.17, 15) is 22.5 Å².